The maximum absolute atomic E-state index is 12.8. The van der Waals surface area contributed by atoms with Crippen LogP contribution in [0.1, 0.15) is 5.76 Å². The number of amides is 2. The van der Waals surface area contributed by atoms with E-state index in [-0.39, 0.29) is 26.4 Å². The normalized spacial score (nSPS) is 16.7. The Labute approximate surface area is 160 Å². The lowest BCUT2D eigenvalue weighted by atomic mass is 10.1. The van der Waals surface area contributed by atoms with Gasteiger partial charge in [-0.15, -0.1) is 0 Å². The number of hydrogen-bond acceptors (Lipinski definition) is 4. The molecule has 0 spiro atoms. The zero-order valence-electron chi connectivity index (χ0n) is 11.7. The molecular weight excluding hydrogens is 439 g/mol. The highest BCUT2D eigenvalue weighted by Crippen LogP contribution is 2.34. The first-order valence-corrected chi connectivity index (χ1v) is 8.45. The Bertz CT molecular complexity index is 910. The number of nitrogens with one attached hydrogen (secondary N) is 1. The lowest BCUT2D eigenvalue weighted by Crippen LogP contribution is -2.54. The summed E-state index contributed by atoms with van der Waals surface area (Å²) in [6.07, 6.45) is 1.33. The zero-order valence-corrected chi connectivity index (χ0v) is 15.6. The van der Waals surface area contributed by atoms with E-state index >= 15 is 0 Å². The van der Waals surface area contributed by atoms with Gasteiger partial charge in [0.15, 0.2) is 9.78 Å². The van der Waals surface area contributed by atoms with Gasteiger partial charge in [0.05, 0.1) is 15.7 Å². The van der Waals surface area contributed by atoms with Crippen molar-refractivity contribution in [3.8, 4) is 0 Å². The fourth-order valence-corrected chi connectivity index (χ4v) is 3.06. The minimum atomic E-state index is -0.625. The predicted molar refractivity (Wildman–Crippen MR) is 99.1 cm³/mol. The van der Waals surface area contributed by atoms with E-state index in [1.807, 2.05) is 0 Å². The van der Waals surface area contributed by atoms with E-state index in [1.54, 1.807) is 30.3 Å². The van der Waals surface area contributed by atoms with Gasteiger partial charge in [-0.2, -0.15) is 0 Å². The number of halogens is 3. The van der Waals surface area contributed by atoms with Crippen LogP contribution < -0.4 is 10.2 Å². The van der Waals surface area contributed by atoms with Gasteiger partial charge in [-0.05, 0) is 58.5 Å². The van der Waals surface area contributed by atoms with Crippen LogP contribution in [0.2, 0.25) is 10.0 Å². The summed E-state index contributed by atoms with van der Waals surface area (Å²) in [5.41, 5.74) is 0.146. The van der Waals surface area contributed by atoms with Crippen LogP contribution in [0.4, 0.5) is 5.69 Å². The van der Waals surface area contributed by atoms with Gasteiger partial charge in [0, 0.05) is 0 Å². The highest BCUT2D eigenvalue weighted by atomic mass is 79.9. The molecule has 1 saturated heterocycles. The topological polar surface area (TPSA) is 62.6 Å². The summed E-state index contributed by atoms with van der Waals surface area (Å²) in [4.78, 5) is 26.0. The summed E-state index contributed by atoms with van der Waals surface area (Å²) in [5.74, 6) is -0.905. The van der Waals surface area contributed by atoms with E-state index < -0.39 is 11.8 Å². The number of nitrogens with zero attached hydrogens (tertiary/aromatic N) is 1. The molecule has 1 N–H and O–H groups in total. The van der Waals surface area contributed by atoms with Gasteiger partial charge in [0.25, 0.3) is 11.8 Å². The Morgan fingerprint density at radius 3 is 2.62 bits per heavy atom. The van der Waals surface area contributed by atoms with Crippen molar-refractivity contribution in [2.75, 3.05) is 4.90 Å². The predicted octanol–water partition coefficient (Wildman–Crippen LogP) is 4.18. The number of thiocarbonyl (C=S) groups is 1. The van der Waals surface area contributed by atoms with Gasteiger partial charge in [0.1, 0.15) is 11.3 Å². The van der Waals surface area contributed by atoms with Gasteiger partial charge in [-0.1, -0.05) is 29.3 Å². The second-order valence-electron chi connectivity index (χ2n) is 4.67. The molecule has 1 aromatic carbocycles. The Hall–Kier alpha value is -1.67. The molecule has 2 amide bonds. The summed E-state index contributed by atoms with van der Waals surface area (Å²) in [5, 5.41) is 2.80. The van der Waals surface area contributed by atoms with E-state index in [4.69, 9.17) is 39.8 Å². The molecule has 0 unspecified atom stereocenters. The van der Waals surface area contributed by atoms with E-state index in [9.17, 15) is 9.59 Å². The molecule has 5 nitrogen and oxygen atoms in total. The van der Waals surface area contributed by atoms with Crippen molar-refractivity contribution in [3.63, 3.8) is 0 Å². The molecule has 1 aromatic heterocycles. The zero-order chi connectivity index (χ0) is 17.4. The highest BCUT2D eigenvalue weighted by molar-refractivity contribution is 9.10. The second-order valence-corrected chi connectivity index (χ2v) is 6.63. The first kappa shape index (κ1) is 17.2. The van der Waals surface area contributed by atoms with Crippen LogP contribution in [0.25, 0.3) is 6.08 Å². The standard InChI is InChI=1S/C15H7BrCl2N2O3S/c16-11-5-4-7(23-11)6-8-13(21)19-15(24)20(14(8)22)10-3-1-2-9(17)12(10)18/h1-6H,(H,19,21,24)/b8-6+. The maximum atomic E-state index is 12.8. The van der Waals surface area contributed by atoms with Gasteiger partial charge >= 0.3 is 0 Å². The molecule has 0 atom stereocenters. The molecule has 2 heterocycles. The third-order valence-corrected chi connectivity index (χ3v) is 4.67. The molecule has 0 aliphatic carbocycles. The molecule has 3 rings (SSSR count). The van der Waals surface area contributed by atoms with Crippen LogP contribution in [-0.2, 0) is 9.59 Å². The summed E-state index contributed by atoms with van der Waals surface area (Å²) in [6, 6.07) is 8.05. The Kier molecular flexibility index (Phi) is 4.78. The van der Waals surface area contributed by atoms with Crippen LogP contribution in [0, 0.1) is 0 Å². The molecule has 1 aliphatic rings. The molecule has 1 fully saturated rings. The number of furan rings is 1. The number of anilines is 1. The fourth-order valence-electron chi connectivity index (χ4n) is 2.09. The van der Waals surface area contributed by atoms with Crippen LogP contribution in [0.3, 0.4) is 0 Å². The van der Waals surface area contributed by atoms with Crippen molar-refractivity contribution in [2.24, 2.45) is 0 Å². The Balaban J connectivity index is 2.06. The molecular formula is C15H7BrCl2N2O3S. The van der Waals surface area contributed by atoms with Crippen molar-refractivity contribution < 1.29 is 14.0 Å². The maximum Gasteiger partial charge on any atom is 0.270 e. The number of carbonyl (C=O) groups is 2. The smallest absolute Gasteiger partial charge is 0.270 e. The SMILES string of the molecule is O=C1NC(=S)N(c2cccc(Cl)c2Cl)C(=O)/C1=C/c1ccc(Br)o1. The molecule has 0 saturated carbocycles. The third kappa shape index (κ3) is 3.12. The minimum absolute atomic E-state index is 0.0769. The fraction of sp³-hybridized carbons (Fsp3) is 0. The van der Waals surface area contributed by atoms with E-state index in [0.29, 0.717) is 10.4 Å². The van der Waals surface area contributed by atoms with Crippen LogP contribution in [0.15, 0.2) is 45.0 Å². The van der Waals surface area contributed by atoms with Crippen molar-refractivity contribution in [3.05, 3.63) is 56.4 Å². The molecule has 0 bridgehead atoms. The Morgan fingerprint density at radius 1 is 1.21 bits per heavy atom. The summed E-state index contributed by atoms with van der Waals surface area (Å²) in [7, 11) is 0. The van der Waals surface area contributed by atoms with E-state index in [1.165, 1.54) is 6.08 Å². The molecule has 9 heteroatoms. The van der Waals surface area contributed by atoms with Gasteiger partial charge in [-0.3, -0.25) is 19.8 Å². The average Bonchev–Trinajstić information content (AvgIpc) is 2.93. The molecule has 2 aromatic rings. The number of benzene rings is 1. The van der Waals surface area contributed by atoms with E-state index in [0.717, 1.165) is 4.90 Å². The monoisotopic (exact) mass is 444 g/mol. The second kappa shape index (κ2) is 6.68. The highest BCUT2D eigenvalue weighted by Gasteiger charge is 2.35. The number of rotatable bonds is 2. The first-order chi connectivity index (χ1) is 11.4. The summed E-state index contributed by atoms with van der Waals surface area (Å²) >= 11 is 20.4. The molecule has 0 radical (unpaired) electrons. The van der Waals surface area contributed by atoms with Crippen molar-refractivity contribution in [1.29, 1.82) is 0 Å². The van der Waals surface area contributed by atoms with Crippen molar-refractivity contribution in [2.45, 2.75) is 0 Å². The van der Waals surface area contributed by atoms with E-state index in [2.05, 4.69) is 21.2 Å². The van der Waals surface area contributed by atoms with Crippen molar-refractivity contribution in [1.82, 2.24) is 5.32 Å². The summed E-state index contributed by atoms with van der Waals surface area (Å²) in [6.45, 7) is 0. The van der Waals surface area contributed by atoms with Gasteiger partial charge in [-0.25, -0.2) is 0 Å². The van der Waals surface area contributed by atoms with Crippen molar-refractivity contribution >= 4 is 80.0 Å². The third-order valence-electron chi connectivity index (χ3n) is 3.15. The molecule has 122 valence electrons. The van der Waals surface area contributed by atoms with Gasteiger partial charge < -0.3 is 4.42 Å². The van der Waals surface area contributed by atoms with Crippen LogP contribution in [-0.4, -0.2) is 16.9 Å². The average molecular weight is 446 g/mol. The Morgan fingerprint density at radius 2 is 1.96 bits per heavy atom. The molecule has 1 aliphatic heterocycles. The number of carbonyl (C=O) groups excluding carboxylic acids is 2. The quantitative estimate of drug-likeness (QED) is 0.428. The van der Waals surface area contributed by atoms with Gasteiger partial charge in [0.2, 0.25) is 0 Å². The minimum Gasteiger partial charge on any atom is -0.450 e. The number of hydrogen-bond donors (Lipinski definition) is 1. The first-order valence-electron chi connectivity index (χ1n) is 6.49. The van der Waals surface area contributed by atoms with Crippen LogP contribution in [0.5, 0.6) is 0 Å². The lowest BCUT2D eigenvalue weighted by Gasteiger charge is -2.29. The largest absolute Gasteiger partial charge is 0.450 e. The lowest BCUT2D eigenvalue weighted by molar-refractivity contribution is -0.122. The van der Waals surface area contributed by atoms with Crippen LogP contribution >= 0.6 is 51.3 Å². The summed E-state index contributed by atoms with van der Waals surface area (Å²) < 4.78 is 5.78. The molecule has 24 heavy (non-hydrogen) atoms.